The Kier molecular flexibility index (Phi) is 5.13. The van der Waals surface area contributed by atoms with Gasteiger partial charge in [0.1, 0.15) is 11.6 Å². The fourth-order valence-electron chi connectivity index (χ4n) is 3.15. The first kappa shape index (κ1) is 17.5. The van der Waals surface area contributed by atoms with Crippen molar-refractivity contribution < 1.29 is 9.18 Å². The van der Waals surface area contributed by atoms with Gasteiger partial charge in [0.05, 0.1) is 0 Å². The molecule has 1 aliphatic rings. The van der Waals surface area contributed by atoms with E-state index in [1.54, 1.807) is 18.2 Å². The lowest BCUT2D eigenvalue weighted by Gasteiger charge is -2.30. The van der Waals surface area contributed by atoms with Crippen molar-refractivity contribution in [2.75, 3.05) is 13.1 Å². The van der Waals surface area contributed by atoms with Crippen LogP contribution >= 0.6 is 12.2 Å². The fraction of sp³-hybridized carbons (Fsp3) is 0.389. The molecule has 5 nitrogen and oxygen atoms in total. The number of aromatic nitrogens is 3. The number of H-pyrrole nitrogens is 1. The number of rotatable bonds is 3. The van der Waals surface area contributed by atoms with E-state index in [0.717, 1.165) is 29.8 Å². The first-order chi connectivity index (χ1) is 12.0. The normalized spacial score (nSPS) is 16.3. The average Bonchev–Trinajstić information content (AvgIpc) is 2.94. The highest BCUT2D eigenvalue weighted by atomic mass is 32.1. The molecule has 0 bridgehead atoms. The van der Waals surface area contributed by atoms with Gasteiger partial charge in [-0.1, -0.05) is 12.1 Å². The number of allylic oxidation sites excluding steroid dienone is 1. The molecule has 0 saturated carbocycles. The molecule has 0 unspecified atom stereocenters. The Morgan fingerprint density at radius 3 is 2.52 bits per heavy atom. The molecule has 0 aliphatic carbocycles. The van der Waals surface area contributed by atoms with Crippen molar-refractivity contribution in [2.24, 2.45) is 7.05 Å². The summed E-state index contributed by atoms with van der Waals surface area (Å²) in [5, 5.41) is 7.12. The summed E-state index contributed by atoms with van der Waals surface area (Å²) in [6, 6.07) is 6.18. The van der Waals surface area contributed by atoms with E-state index in [2.05, 4.69) is 10.2 Å². The van der Waals surface area contributed by atoms with Crippen LogP contribution in [0.4, 0.5) is 4.39 Å². The predicted molar refractivity (Wildman–Crippen MR) is 97.0 cm³/mol. The van der Waals surface area contributed by atoms with E-state index >= 15 is 0 Å². The van der Waals surface area contributed by atoms with E-state index in [1.807, 2.05) is 23.4 Å². The molecule has 2 aromatic rings. The van der Waals surface area contributed by atoms with Crippen molar-refractivity contribution in [3.63, 3.8) is 0 Å². The average molecular weight is 360 g/mol. The van der Waals surface area contributed by atoms with E-state index in [4.69, 9.17) is 12.2 Å². The number of benzene rings is 1. The highest BCUT2D eigenvalue weighted by Gasteiger charge is 2.25. The molecule has 132 valence electrons. The zero-order valence-electron chi connectivity index (χ0n) is 14.3. The molecular formula is C18H21FN4OS. The summed E-state index contributed by atoms with van der Waals surface area (Å²) >= 11 is 5.16. The second-order valence-corrected chi connectivity index (χ2v) is 6.77. The van der Waals surface area contributed by atoms with E-state index in [-0.39, 0.29) is 11.7 Å². The number of hydrogen-bond donors (Lipinski definition) is 1. The number of carbonyl (C=O) groups excluding carboxylic acids is 1. The molecule has 1 fully saturated rings. The van der Waals surface area contributed by atoms with Crippen LogP contribution in [0.1, 0.15) is 37.1 Å². The molecule has 1 aromatic carbocycles. The molecule has 1 saturated heterocycles. The van der Waals surface area contributed by atoms with Gasteiger partial charge in [-0.2, -0.15) is 5.10 Å². The van der Waals surface area contributed by atoms with Crippen molar-refractivity contribution in [2.45, 2.75) is 25.7 Å². The van der Waals surface area contributed by atoms with Crippen LogP contribution in [0.15, 0.2) is 30.3 Å². The SMILES string of the molecule is C/C(=C/C(=O)N1CCC(c2n[nH]c(=S)n2C)CC1)c1ccc(F)cc1. The molecular weight excluding hydrogens is 339 g/mol. The summed E-state index contributed by atoms with van der Waals surface area (Å²) < 4.78 is 15.5. The van der Waals surface area contributed by atoms with Gasteiger partial charge in [0, 0.05) is 32.1 Å². The zero-order chi connectivity index (χ0) is 18.0. The standard InChI is InChI=1S/C18H21FN4OS/c1-12(13-3-5-15(19)6-4-13)11-16(24)23-9-7-14(8-10-23)17-20-21-18(25)22(17)2/h3-6,11,14H,7-10H2,1-2H3,(H,21,25)/b12-11-. The molecule has 0 radical (unpaired) electrons. The van der Waals surface area contributed by atoms with Gasteiger partial charge < -0.3 is 9.47 Å². The number of carbonyl (C=O) groups is 1. The first-order valence-corrected chi connectivity index (χ1v) is 8.71. The fourth-order valence-corrected chi connectivity index (χ4v) is 3.29. The van der Waals surface area contributed by atoms with Crippen LogP contribution in [-0.4, -0.2) is 38.7 Å². The third-order valence-corrected chi connectivity index (χ3v) is 5.09. The second kappa shape index (κ2) is 7.31. The molecule has 1 amide bonds. The summed E-state index contributed by atoms with van der Waals surface area (Å²) in [6.07, 6.45) is 3.36. The van der Waals surface area contributed by atoms with Gasteiger partial charge in [0.25, 0.3) is 0 Å². The van der Waals surface area contributed by atoms with Gasteiger partial charge >= 0.3 is 0 Å². The largest absolute Gasteiger partial charge is 0.339 e. The molecule has 7 heteroatoms. The third-order valence-electron chi connectivity index (χ3n) is 4.73. The van der Waals surface area contributed by atoms with Crippen LogP contribution in [0.2, 0.25) is 0 Å². The van der Waals surface area contributed by atoms with Gasteiger partial charge in [-0.15, -0.1) is 0 Å². The third kappa shape index (κ3) is 3.87. The van der Waals surface area contributed by atoms with E-state index < -0.39 is 0 Å². The molecule has 0 atom stereocenters. The Morgan fingerprint density at radius 2 is 1.96 bits per heavy atom. The number of amides is 1. The minimum Gasteiger partial charge on any atom is -0.339 e. The highest BCUT2D eigenvalue weighted by molar-refractivity contribution is 7.71. The Bertz CT molecular complexity index is 845. The summed E-state index contributed by atoms with van der Waals surface area (Å²) in [4.78, 5) is 14.3. The van der Waals surface area contributed by atoms with Crippen LogP contribution in [0.25, 0.3) is 5.57 Å². The van der Waals surface area contributed by atoms with Crippen LogP contribution < -0.4 is 0 Å². The highest BCUT2D eigenvalue weighted by Crippen LogP contribution is 2.26. The lowest BCUT2D eigenvalue weighted by molar-refractivity contribution is -0.127. The second-order valence-electron chi connectivity index (χ2n) is 6.38. The van der Waals surface area contributed by atoms with Crippen LogP contribution in [0, 0.1) is 10.6 Å². The van der Waals surface area contributed by atoms with Gasteiger partial charge in [-0.3, -0.25) is 9.89 Å². The van der Waals surface area contributed by atoms with E-state index in [1.165, 1.54) is 12.1 Å². The molecule has 0 spiro atoms. The molecule has 2 heterocycles. The van der Waals surface area contributed by atoms with Crippen molar-refractivity contribution in [3.05, 3.63) is 52.3 Å². The number of nitrogens with zero attached hydrogens (tertiary/aromatic N) is 3. The monoisotopic (exact) mass is 360 g/mol. The van der Waals surface area contributed by atoms with Gasteiger partial charge in [0.15, 0.2) is 4.77 Å². The summed E-state index contributed by atoms with van der Waals surface area (Å²) in [7, 11) is 1.91. The Morgan fingerprint density at radius 1 is 1.32 bits per heavy atom. The van der Waals surface area contributed by atoms with Gasteiger partial charge in [-0.25, -0.2) is 4.39 Å². The van der Waals surface area contributed by atoms with Crippen molar-refractivity contribution in [3.8, 4) is 0 Å². The van der Waals surface area contributed by atoms with Gasteiger partial charge in [0.2, 0.25) is 5.91 Å². The molecule has 3 rings (SSSR count). The number of likely N-dealkylation sites (tertiary alicyclic amines) is 1. The first-order valence-electron chi connectivity index (χ1n) is 8.30. The van der Waals surface area contributed by atoms with E-state index in [9.17, 15) is 9.18 Å². The number of hydrogen-bond acceptors (Lipinski definition) is 3. The van der Waals surface area contributed by atoms with Crippen LogP contribution in [0.3, 0.4) is 0 Å². The molecule has 1 aliphatic heterocycles. The molecule has 1 aromatic heterocycles. The number of aromatic amines is 1. The number of halogens is 1. The zero-order valence-corrected chi connectivity index (χ0v) is 15.1. The number of piperidine rings is 1. The Hall–Kier alpha value is -2.28. The maximum atomic E-state index is 13.0. The lowest BCUT2D eigenvalue weighted by Crippen LogP contribution is -2.37. The summed E-state index contributed by atoms with van der Waals surface area (Å²) in [6.45, 7) is 3.25. The Balaban J connectivity index is 1.63. The Labute approximate surface area is 151 Å². The van der Waals surface area contributed by atoms with Crippen molar-refractivity contribution in [1.29, 1.82) is 0 Å². The van der Waals surface area contributed by atoms with Crippen LogP contribution in [-0.2, 0) is 11.8 Å². The van der Waals surface area contributed by atoms with Crippen LogP contribution in [0.5, 0.6) is 0 Å². The predicted octanol–water partition coefficient (Wildman–Crippen LogP) is 3.43. The minimum atomic E-state index is -0.279. The van der Waals surface area contributed by atoms with E-state index in [0.29, 0.717) is 23.8 Å². The van der Waals surface area contributed by atoms with Crippen molar-refractivity contribution in [1.82, 2.24) is 19.7 Å². The quantitative estimate of drug-likeness (QED) is 0.674. The summed E-state index contributed by atoms with van der Waals surface area (Å²) in [5.41, 5.74) is 1.69. The maximum absolute atomic E-state index is 13.0. The maximum Gasteiger partial charge on any atom is 0.246 e. The molecule has 1 N–H and O–H groups in total. The topological polar surface area (TPSA) is 53.9 Å². The number of nitrogens with one attached hydrogen (secondary N) is 1. The molecule has 25 heavy (non-hydrogen) atoms. The lowest BCUT2D eigenvalue weighted by atomic mass is 9.95. The minimum absolute atomic E-state index is 0.00404. The summed E-state index contributed by atoms with van der Waals surface area (Å²) in [5.74, 6) is 0.980. The van der Waals surface area contributed by atoms with Crippen molar-refractivity contribution >= 4 is 23.7 Å². The van der Waals surface area contributed by atoms with Gasteiger partial charge in [-0.05, 0) is 55.3 Å². The smallest absolute Gasteiger partial charge is 0.246 e.